The van der Waals surface area contributed by atoms with Crippen LogP contribution in [0.5, 0.6) is 0 Å². The number of furan rings is 1. The largest absolute Gasteiger partial charge is 0.481 e. The number of amides is 1. The van der Waals surface area contributed by atoms with Crippen molar-refractivity contribution in [3.05, 3.63) is 17.9 Å². The van der Waals surface area contributed by atoms with Crippen LogP contribution in [0.15, 0.2) is 21.6 Å². The second kappa shape index (κ2) is 5.28. The van der Waals surface area contributed by atoms with Crippen molar-refractivity contribution < 1.29 is 32.3 Å². The van der Waals surface area contributed by atoms with Crippen LogP contribution in [0.4, 0.5) is 13.2 Å². The van der Waals surface area contributed by atoms with Crippen molar-refractivity contribution in [3.63, 3.8) is 0 Å². The molecule has 1 N–H and O–H groups in total. The molecular weight excluding hydrogens is 311 g/mol. The fourth-order valence-corrected chi connectivity index (χ4v) is 2.59. The lowest BCUT2D eigenvalue weighted by atomic mass is 9.86. The Bertz CT molecular complexity index is 571. The maximum absolute atomic E-state index is 13.0. The summed E-state index contributed by atoms with van der Waals surface area (Å²) in [5.74, 6) is -2.79. The van der Waals surface area contributed by atoms with E-state index < -0.39 is 36.4 Å². The zero-order valence-electron chi connectivity index (χ0n) is 10.9. The number of alkyl halides is 3. The van der Waals surface area contributed by atoms with E-state index in [2.05, 4.69) is 0 Å². The molecule has 21 heavy (non-hydrogen) atoms. The molecule has 1 aromatic rings. The van der Waals surface area contributed by atoms with Crippen LogP contribution in [0.1, 0.15) is 17.0 Å². The second-order valence-electron chi connectivity index (χ2n) is 4.68. The minimum Gasteiger partial charge on any atom is -0.481 e. The van der Waals surface area contributed by atoms with Gasteiger partial charge in [-0.25, -0.2) is 0 Å². The third-order valence-electron chi connectivity index (χ3n) is 3.50. The molecule has 1 aromatic heterocycles. The van der Waals surface area contributed by atoms with E-state index >= 15 is 0 Å². The Hall–Kier alpha value is -1.64. The summed E-state index contributed by atoms with van der Waals surface area (Å²) in [5, 5.41) is 9.38. The van der Waals surface area contributed by atoms with Crippen LogP contribution in [0, 0.1) is 5.41 Å². The Morgan fingerprint density at radius 1 is 1.43 bits per heavy atom. The molecule has 0 radical (unpaired) electrons. The van der Waals surface area contributed by atoms with Gasteiger partial charge < -0.3 is 14.4 Å². The molecule has 116 valence electrons. The number of hydrogen-bond acceptors (Lipinski definition) is 4. The number of halogens is 3. The Morgan fingerprint density at radius 2 is 2.10 bits per heavy atom. The molecule has 9 heteroatoms. The molecule has 0 aliphatic carbocycles. The summed E-state index contributed by atoms with van der Waals surface area (Å²) in [5.41, 5.74) is -2.91. The number of carboxylic acid groups (broad SMARTS) is 1. The molecular formula is C12H12F3NO4S. The van der Waals surface area contributed by atoms with Gasteiger partial charge in [-0.3, -0.25) is 9.59 Å². The first-order valence-corrected chi connectivity index (χ1v) is 7.17. The van der Waals surface area contributed by atoms with Gasteiger partial charge in [0.2, 0.25) is 0 Å². The summed E-state index contributed by atoms with van der Waals surface area (Å²) >= 11 is 1.25. The van der Waals surface area contributed by atoms with Crippen LogP contribution in [-0.4, -0.2) is 47.4 Å². The minimum atomic E-state index is -4.92. The summed E-state index contributed by atoms with van der Waals surface area (Å²) < 4.78 is 44.2. The van der Waals surface area contributed by atoms with Crippen molar-refractivity contribution in [2.24, 2.45) is 5.41 Å². The molecule has 1 amide bonds. The molecule has 0 bridgehead atoms. The Morgan fingerprint density at radius 3 is 2.52 bits per heavy atom. The molecule has 1 atom stereocenters. The topological polar surface area (TPSA) is 70.8 Å². The highest BCUT2D eigenvalue weighted by Gasteiger charge is 2.64. The van der Waals surface area contributed by atoms with E-state index in [1.165, 1.54) is 23.9 Å². The van der Waals surface area contributed by atoms with E-state index in [1.807, 2.05) is 0 Å². The van der Waals surface area contributed by atoms with Crippen molar-refractivity contribution >= 4 is 23.6 Å². The van der Waals surface area contributed by atoms with Gasteiger partial charge in [0.05, 0.1) is 0 Å². The third-order valence-corrected chi connectivity index (χ3v) is 4.12. The second-order valence-corrected chi connectivity index (χ2v) is 5.50. The Kier molecular flexibility index (Phi) is 3.96. The maximum Gasteiger partial charge on any atom is 0.406 e. The van der Waals surface area contributed by atoms with E-state index in [1.54, 1.807) is 6.26 Å². The molecule has 1 aliphatic heterocycles. The average molecular weight is 323 g/mol. The first-order valence-electron chi connectivity index (χ1n) is 5.94. The van der Waals surface area contributed by atoms with E-state index in [4.69, 9.17) is 9.52 Å². The van der Waals surface area contributed by atoms with E-state index in [-0.39, 0.29) is 12.3 Å². The number of aliphatic carboxylic acids is 1. The first kappa shape index (κ1) is 15.7. The Balaban J connectivity index is 2.21. The average Bonchev–Trinajstić information content (AvgIpc) is 3.04. The van der Waals surface area contributed by atoms with Crippen LogP contribution in [0.25, 0.3) is 0 Å². The quantitative estimate of drug-likeness (QED) is 0.865. The summed E-state index contributed by atoms with van der Waals surface area (Å²) in [6, 6.07) is 2.89. The highest BCUT2D eigenvalue weighted by atomic mass is 32.2. The SMILES string of the molecule is CSc1ccc(C(=O)N2CCC(C(=O)O)(C(F)(F)F)C2)o1. The van der Waals surface area contributed by atoms with Crippen LogP contribution >= 0.6 is 11.8 Å². The standard InChI is InChI=1S/C12H12F3NO4S/c1-21-8-3-2-7(20-8)9(17)16-5-4-11(6-16,10(18)19)12(13,14)15/h2-3H,4-6H2,1H3,(H,18,19). The number of rotatable bonds is 3. The molecule has 1 unspecified atom stereocenters. The third kappa shape index (κ3) is 2.61. The molecule has 1 fully saturated rings. The smallest absolute Gasteiger partial charge is 0.406 e. The van der Waals surface area contributed by atoms with Gasteiger partial charge >= 0.3 is 12.1 Å². The lowest BCUT2D eigenvalue weighted by Crippen LogP contribution is -2.47. The van der Waals surface area contributed by atoms with Gasteiger partial charge in [0, 0.05) is 13.1 Å². The van der Waals surface area contributed by atoms with Crippen molar-refractivity contribution in [3.8, 4) is 0 Å². The predicted molar refractivity (Wildman–Crippen MR) is 67.1 cm³/mol. The molecule has 0 spiro atoms. The predicted octanol–water partition coefficient (Wildman–Crippen LogP) is 2.48. The van der Waals surface area contributed by atoms with Crippen LogP contribution in [0.2, 0.25) is 0 Å². The molecule has 0 saturated carbocycles. The normalized spacial score (nSPS) is 22.6. The molecule has 0 aromatic carbocycles. The number of likely N-dealkylation sites (tertiary alicyclic amines) is 1. The van der Waals surface area contributed by atoms with E-state index in [0.717, 1.165) is 4.90 Å². The highest BCUT2D eigenvalue weighted by molar-refractivity contribution is 7.98. The number of thioether (sulfide) groups is 1. The molecule has 1 aliphatic rings. The van der Waals surface area contributed by atoms with Gasteiger partial charge in [0.25, 0.3) is 5.91 Å². The zero-order chi connectivity index (χ0) is 15.8. The van der Waals surface area contributed by atoms with Gasteiger partial charge in [0.15, 0.2) is 16.3 Å². The van der Waals surface area contributed by atoms with E-state index in [0.29, 0.717) is 5.09 Å². The van der Waals surface area contributed by atoms with Gasteiger partial charge in [-0.15, -0.1) is 0 Å². The minimum absolute atomic E-state index is 0.0947. The fourth-order valence-electron chi connectivity index (χ4n) is 2.21. The highest BCUT2D eigenvalue weighted by Crippen LogP contribution is 2.46. The molecule has 1 saturated heterocycles. The van der Waals surface area contributed by atoms with Crippen LogP contribution in [-0.2, 0) is 4.79 Å². The monoisotopic (exact) mass is 323 g/mol. The van der Waals surface area contributed by atoms with Crippen LogP contribution < -0.4 is 0 Å². The summed E-state index contributed by atoms with van der Waals surface area (Å²) in [6.45, 7) is -1.18. The lowest BCUT2D eigenvalue weighted by molar-refractivity contribution is -0.227. The number of carbonyl (C=O) groups is 2. The van der Waals surface area contributed by atoms with Crippen molar-refractivity contribution in [2.75, 3.05) is 19.3 Å². The van der Waals surface area contributed by atoms with E-state index in [9.17, 15) is 22.8 Å². The Labute approximate surface area is 122 Å². The van der Waals surface area contributed by atoms with Gasteiger partial charge in [0.1, 0.15) is 0 Å². The summed E-state index contributed by atoms with van der Waals surface area (Å²) in [4.78, 5) is 24.0. The lowest BCUT2D eigenvalue weighted by Gasteiger charge is -2.26. The van der Waals surface area contributed by atoms with Crippen molar-refractivity contribution in [1.29, 1.82) is 0 Å². The van der Waals surface area contributed by atoms with Crippen LogP contribution in [0.3, 0.4) is 0 Å². The van der Waals surface area contributed by atoms with Gasteiger partial charge in [-0.05, 0) is 24.8 Å². The summed E-state index contributed by atoms with van der Waals surface area (Å²) in [6.07, 6.45) is -3.85. The number of carboxylic acids is 1. The van der Waals surface area contributed by atoms with Gasteiger partial charge in [-0.1, -0.05) is 11.8 Å². The fraction of sp³-hybridized carbons (Fsp3) is 0.500. The number of nitrogens with zero attached hydrogens (tertiary/aromatic N) is 1. The first-order chi connectivity index (χ1) is 9.71. The zero-order valence-corrected chi connectivity index (χ0v) is 11.8. The van der Waals surface area contributed by atoms with Crippen molar-refractivity contribution in [2.45, 2.75) is 17.7 Å². The summed E-state index contributed by atoms with van der Waals surface area (Å²) in [7, 11) is 0. The molecule has 2 heterocycles. The maximum atomic E-state index is 13.0. The number of hydrogen-bond donors (Lipinski definition) is 1. The number of carbonyl (C=O) groups excluding carboxylic acids is 1. The van der Waals surface area contributed by atoms with Gasteiger partial charge in [-0.2, -0.15) is 13.2 Å². The molecule has 2 rings (SSSR count). The molecule has 5 nitrogen and oxygen atoms in total. The van der Waals surface area contributed by atoms with Crippen molar-refractivity contribution in [1.82, 2.24) is 4.90 Å².